The lowest BCUT2D eigenvalue weighted by Crippen LogP contribution is -2.22. The van der Waals surface area contributed by atoms with Crippen LogP contribution in [0.5, 0.6) is 0 Å². The molecule has 29 heavy (non-hydrogen) atoms. The Balaban J connectivity index is 1.44. The standard InChI is InChI=1S/C23H22N4O2/c28-22(26-25-19-9-4-2-7-15-6-1-3-8-17(15)19)16-11-12-18-20(14-16)24-21-10-5-13-27(21)23(18)29/h1,3,6,8,11-12,14H,2,4-5,7,9-10,13H2,(H,26,28)/b25-19+. The fourth-order valence-electron chi connectivity index (χ4n) is 4.29. The van der Waals surface area contributed by atoms with Crippen LogP contribution in [0.4, 0.5) is 0 Å². The summed E-state index contributed by atoms with van der Waals surface area (Å²) in [5.74, 6) is 0.513. The number of hydrogen-bond donors (Lipinski definition) is 1. The third kappa shape index (κ3) is 3.24. The molecule has 1 aromatic heterocycles. The predicted molar refractivity (Wildman–Crippen MR) is 112 cm³/mol. The maximum absolute atomic E-state index is 12.7. The highest BCUT2D eigenvalue weighted by Crippen LogP contribution is 2.21. The molecule has 0 unspecified atom stereocenters. The lowest BCUT2D eigenvalue weighted by molar-refractivity contribution is 0.0955. The number of rotatable bonds is 2. The highest BCUT2D eigenvalue weighted by atomic mass is 16.2. The first-order chi connectivity index (χ1) is 14.2. The summed E-state index contributed by atoms with van der Waals surface area (Å²) in [5, 5.41) is 5.00. The lowest BCUT2D eigenvalue weighted by atomic mass is 10.0. The quantitative estimate of drug-likeness (QED) is 0.543. The number of aromatic nitrogens is 2. The van der Waals surface area contributed by atoms with Crippen molar-refractivity contribution in [2.75, 3.05) is 0 Å². The largest absolute Gasteiger partial charge is 0.296 e. The molecule has 0 radical (unpaired) electrons. The molecule has 2 aromatic carbocycles. The van der Waals surface area contributed by atoms with Crippen LogP contribution in [-0.2, 0) is 19.4 Å². The van der Waals surface area contributed by atoms with Crippen LogP contribution >= 0.6 is 0 Å². The summed E-state index contributed by atoms with van der Waals surface area (Å²) in [5.41, 5.74) is 7.03. The highest BCUT2D eigenvalue weighted by molar-refractivity contribution is 6.04. The van der Waals surface area contributed by atoms with Crippen LogP contribution in [0.1, 0.15) is 53.0 Å². The molecule has 0 atom stereocenters. The van der Waals surface area contributed by atoms with E-state index in [0.29, 0.717) is 16.5 Å². The minimum atomic E-state index is -0.288. The number of hydrazone groups is 1. The molecule has 1 aliphatic heterocycles. The van der Waals surface area contributed by atoms with Gasteiger partial charge < -0.3 is 0 Å². The van der Waals surface area contributed by atoms with Gasteiger partial charge in [-0.05, 0) is 55.9 Å². The fourth-order valence-corrected chi connectivity index (χ4v) is 4.29. The van der Waals surface area contributed by atoms with Gasteiger partial charge in [0.1, 0.15) is 5.82 Å². The topological polar surface area (TPSA) is 76.3 Å². The Bertz CT molecular complexity index is 1210. The molecule has 6 nitrogen and oxygen atoms in total. The molecule has 2 aliphatic rings. The summed E-state index contributed by atoms with van der Waals surface area (Å²) in [7, 11) is 0. The van der Waals surface area contributed by atoms with E-state index in [2.05, 4.69) is 27.6 Å². The molecule has 6 heteroatoms. The van der Waals surface area contributed by atoms with Crippen molar-refractivity contribution < 1.29 is 4.79 Å². The molecule has 5 rings (SSSR count). The number of fused-ring (bicyclic) bond motifs is 3. The van der Waals surface area contributed by atoms with Crippen molar-refractivity contribution in [3.05, 3.63) is 75.3 Å². The van der Waals surface area contributed by atoms with E-state index < -0.39 is 0 Å². The molecular formula is C23H22N4O2. The van der Waals surface area contributed by atoms with Gasteiger partial charge in [-0.25, -0.2) is 10.4 Å². The zero-order valence-corrected chi connectivity index (χ0v) is 16.1. The number of amides is 1. The van der Waals surface area contributed by atoms with Crippen LogP contribution in [0.3, 0.4) is 0 Å². The van der Waals surface area contributed by atoms with Crippen LogP contribution in [0.25, 0.3) is 10.9 Å². The van der Waals surface area contributed by atoms with Crippen molar-refractivity contribution in [3.8, 4) is 0 Å². The van der Waals surface area contributed by atoms with Crippen LogP contribution < -0.4 is 11.0 Å². The number of carbonyl (C=O) groups excluding carboxylic acids is 1. The van der Waals surface area contributed by atoms with E-state index in [0.717, 1.165) is 62.2 Å². The van der Waals surface area contributed by atoms with E-state index in [1.807, 2.05) is 12.1 Å². The maximum Gasteiger partial charge on any atom is 0.271 e. The number of nitrogens with zero attached hydrogens (tertiary/aromatic N) is 3. The van der Waals surface area contributed by atoms with E-state index in [1.165, 1.54) is 5.56 Å². The Morgan fingerprint density at radius 2 is 1.90 bits per heavy atom. The van der Waals surface area contributed by atoms with Crippen molar-refractivity contribution in [3.63, 3.8) is 0 Å². The first-order valence-electron chi connectivity index (χ1n) is 10.2. The minimum absolute atomic E-state index is 0.0234. The average molecular weight is 386 g/mol. The minimum Gasteiger partial charge on any atom is -0.296 e. The summed E-state index contributed by atoms with van der Waals surface area (Å²) < 4.78 is 1.73. The molecule has 1 amide bonds. The molecule has 0 bridgehead atoms. The zero-order valence-electron chi connectivity index (χ0n) is 16.1. The Kier molecular flexibility index (Phi) is 4.46. The Labute approximate surface area is 168 Å². The van der Waals surface area contributed by atoms with Crippen molar-refractivity contribution >= 4 is 22.5 Å². The smallest absolute Gasteiger partial charge is 0.271 e. The average Bonchev–Trinajstić information content (AvgIpc) is 3.12. The van der Waals surface area contributed by atoms with E-state index in [1.54, 1.807) is 22.8 Å². The first kappa shape index (κ1) is 17.8. The molecule has 0 saturated heterocycles. The van der Waals surface area contributed by atoms with E-state index in [9.17, 15) is 9.59 Å². The number of hydrogen-bond acceptors (Lipinski definition) is 4. The normalized spacial score (nSPS) is 17.0. The van der Waals surface area contributed by atoms with Crippen LogP contribution in [0, 0.1) is 0 Å². The monoisotopic (exact) mass is 386 g/mol. The maximum atomic E-state index is 12.7. The molecule has 3 aromatic rings. The first-order valence-corrected chi connectivity index (χ1v) is 10.2. The lowest BCUT2D eigenvalue weighted by Gasteiger charge is -2.09. The Morgan fingerprint density at radius 3 is 2.83 bits per heavy atom. The summed E-state index contributed by atoms with van der Waals surface area (Å²) in [6.45, 7) is 0.721. The molecule has 1 N–H and O–H groups in total. The van der Waals surface area contributed by atoms with Crippen LogP contribution in [-0.4, -0.2) is 21.2 Å². The number of benzene rings is 2. The van der Waals surface area contributed by atoms with Gasteiger partial charge in [0.05, 0.1) is 16.6 Å². The van der Waals surface area contributed by atoms with Crippen LogP contribution in [0.2, 0.25) is 0 Å². The second kappa shape index (κ2) is 7.28. The van der Waals surface area contributed by atoms with Gasteiger partial charge in [-0.1, -0.05) is 24.3 Å². The van der Waals surface area contributed by atoms with E-state index in [4.69, 9.17) is 0 Å². The van der Waals surface area contributed by atoms with E-state index >= 15 is 0 Å². The fraction of sp³-hybridized carbons (Fsp3) is 0.304. The van der Waals surface area contributed by atoms with Crippen molar-refractivity contribution in [1.29, 1.82) is 0 Å². The molecule has 0 saturated carbocycles. The summed E-state index contributed by atoms with van der Waals surface area (Å²) in [6.07, 6.45) is 5.80. The molecular weight excluding hydrogens is 364 g/mol. The Morgan fingerprint density at radius 1 is 1.03 bits per heavy atom. The summed E-state index contributed by atoms with van der Waals surface area (Å²) in [4.78, 5) is 29.9. The predicted octanol–water partition coefficient (Wildman–Crippen LogP) is 3.20. The molecule has 0 spiro atoms. The van der Waals surface area contributed by atoms with Crippen molar-refractivity contribution in [1.82, 2.24) is 15.0 Å². The molecule has 1 aliphatic carbocycles. The third-order valence-electron chi connectivity index (χ3n) is 5.81. The van der Waals surface area contributed by atoms with Gasteiger partial charge in [-0.3, -0.25) is 14.2 Å². The van der Waals surface area contributed by atoms with Crippen molar-refractivity contribution in [2.24, 2.45) is 5.10 Å². The van der Waals surface area contributed by atoms with Gasteiger partial charge in [0.2, 0.25) is 0 Å². The Hall–Kier alpha value is -3.28. The molecule has 146 valence electrons. The SMILES string of the molecule is O=C(N/N=C1\CCCCc2ccccc21)c1ccc2c(=O)n3c(nc2c1)CCC3. The van der Waals surface area contributed by atoms with Gasteiger partial charge in [-0.15, -0.1) is 0 Å². The van der Waals surface area contributed by atoms with Gasteiger partial charge in [0, 0.05) is 24.1 Å². The van der Waals surface area contributed by atoms with Crippen molar-refractivity contribution in [2.45, 2.75) is 45.1 Å². The van der Waals surface area contributed by atoms with Gasteiger partial charge >= 0.3 is 0 Å². The van der Waals surface area contributed by atoms with Gasteiger partial charge in [0.25, 0.3) is 11.5 Å². The summed E-state index contributed by atoms with van der Waals surface area (Å²) >= 11 is 0. The molecule has 2 heterocycles. The third-order valence-corrected chi connectivity index (χ3v) is 5.81. The number of aryl methyl sites for hydroxylation is 2. The second-order valence-corrected chi connectivity index (χ2v) is 7.68. The number of carbonyl (C=O) groups is 1. The van der Waals surface area contributed by atoms with Gasteiger partial charge in [0.15, 0.2) is 0 Å². The van der Waals surface area contributed by atoms with Crippen LogP contribution in [0.15, 0.2) is 52.4 Å². The second-order valence-electron chi connectivity index (χ2n) is 7.68. The van der Waals surface area contributed by atoms with E-state index in [-0.39, 0.29) is 11.5 Å². The summed E-state index contributed by atoms with van der Waals surface area (Å²) in [6, 6.07) is 13.3. The number of nitrogens with one attached hydrogen (secondary N) is 1. The van der Waals surface area contributed by atoms with Gasteiger partial charge in [-0.2, -0.15) is 5.10 Å². The molecule has 0 fully saturated rings. The highest BCUT2D eigenvalue weighted by Gasteiger charge is 2.18. The zero-order chi connectivity index (χ0) is 19.8.